The molecule has 1 aromatic carbocycles. The number of pyridine rings is 1. The molecule has 1 aromatic heterocycles. The Hall–Kier alpha value is -3.29. The number of rotatable bonds is 2. The van der Waals surface area contributed by atoms with Gasteiger partial charge in [0.1, 0.15) is 11.9 Å². The number of urea groups is 1. The van der Waals surface area contributed by atoms with Gasteiger partial charge in [-0.15, -0.1) is 0 Å². The zero-order chi connectivity index (χ0) is 21.6. The first-order valence-corrected chi connectivity index (χ1v) is 9.78. The number of carbonyl (C=O) groups excluding carboxylic acids is 3. The van der Waals surface area contributed by atoms with Crippen molar-refractivity contribution in [1.29, 1.82) is 0 Å². The number of benzene rings is 1. The lowest BCUT2D eigenvalue weighted by Crippen LogP contribution is -2.44. The summed E-state index contributed by atoms with van der Waals surface area (Å²) in [5, 5.41) is 0. The quantitative estimate of drug-likeness (QED) is 0.714. The van der Waals surface area contributed by atoms with Crippen molar-refractivity contribution in [3.05, 3.63) is 59.7 Å². The van der Waals surface area contributed by atoms with Crippen molar-refractivity contribution in [3.63, 3.8) is 0 Å². The van der Waals surface area contributed by atoms with Gasteiger partial charge >= 0.3 is 6.03 Å². The molecule has 2 aliphatic rings. The highest BCUT2D eigenvalue weighted by molar-refractivity contribution is 6.21. The molecule has 0 spiro atoms. The van der Waals surface area contributed by atoms with Crippen LogP contribution in [0.2, 0.25) is 0 Å². The van der Waals surface area contributed by atoms with Gasteiger partial charge in [0, 0.05) is 30.9 Å². The number of amides is 4. The summed E-state index contributed by atoms with van der Waals surface area (Å²) in [5.41, 5.74) is 1.18. The van der Waals surface area contributed by atoms with Gasteiger partial charge in [0.2, 0.25) is 0 Å². The molecule has 30 heavy (non-hydrogen) atoms. The van der Waals surface area contributed by atoms with E-state index in [1.807, 2.05) is 20.8 Å². The predicted molar refractivity (Wildman–Crippen MR) is 108 cm³/mol. The summed E-state index contributed by atoms with van der Waals surface area (Å²) in [6, 6.07) is 5.77. The number of hydrogen-bond acceptors (Lipinski definition) is 4. The lowest BCUT2D eigenvalue weighted by Gasteiger charge is -2.31. The minimum absolute atomic E-state index is 0.0961. The van der Waals surface area contributed by atoms with E-state index in [9.17, 15) is 18.8 Å². The summed E-state index contributed by atoms with van der Waals surface area (Å²) in [6.45, 7) is 6.59. The number of fused-ring (bicyclic) bond motifs is 1. The maximum absolute atomic E-state index is 13.3. The van der Waals surface area contributed by atoms with E-state index in [2.05, 4.69) is 4.98 Å². The Morgan fingerprint density at radius 1 is 1.13 bits per heavy atom. The van der Waals surface area contributed by atoms with E-state index in [0.29, 0.717) is 24.3 Å². The van der Waals surface area contributed by atoms with Crippen molar-refractivity contribution in [3.8, 4) is 0 Å². The lowest BCUT2D eigenvalue weighted by atomic mass is 9.92. The molecule has 1 unspecified atom stereocenters. The van der Waals surface area contributed by atoms with Crippen molar-refractivity contribution in [2.45, 2.75) is 26.8 Å². The molecular formula is C22H23FN4O3. The van der Waals surface area contributed by atoms with E-state index < -0.39 is 29.2 Å². The second kappa shape index (κ2) is 7.19. The van der Waals surface area contributed by atoms with Crippen molar-refractivity contribution in [1.82, 2.24) is 14.8 Å². The number of halogens is 1. The fourth-order valence-corrected chi connectivity index (χ4v) is 4.13. The van der Waals surface area contributed by atoms with Crippen LogP contribution in [0.5, 0.6) is 0 Å². The average Bonchev–Trinajstić information content (AvgIpc) is 2.83. The molecule has 0 saturated carbocycles. The molecule has 0 N–H and O–H groups in total. The second-order valence-electron chi connectivity index (χ2n) is 8.62. The largest absolute Gasteiger partial charge is 0.335 e. The Labute approximate surface area is 174 Å². The average molecular weight is 410 g/mol. The van der Waals surface area contributed by atoms with Gasteiger partial charge in [-0.25, -0.2) is 14.1 Å². The molecule has 1 atom stereocenters. The molecule has 2 aliphatic heterocycles. The van der Waals surface area contributed by atoms with Gasteiger partial charge in [-0.3, -0.25) is 14.6 Å². The van der Waals surface area contributed by atoms with E-state index in [1.54, 1.807) is 17.2 Å². The SMILES string of the molecule is Cc1ccncc1C(=O)N1CC2C(=O)N(c3ccc(F)cc3)C(=O)N2CC(C)(C)C1. The fourth-order valence-electron chi connectivity index (χ4n) is 4.13. The third kappa shape index (κ3) is 3.42. The van der Waals surface area contributed by atoms with E-state index >= 15 is 0 Å². The Bertz CT molecular complexity index is 1020. The summed E-state index contributed by atoms with van der Waals surface area (Å²) >= 11 is 0. The molecular weight excluding hydrogens is 387 g/mol. The summed E-state index contributed by atoms with van der Waals surface area (Å²) in [6.07, 6.45) is 3.15. The van der Waals surface area contributed by atoms with Gasteiger partial charge in [0.05, 0.1) is 17.8 Å². The number of anilines is 1. The van der Waals surface area contributed by atoms with Crippen molar-refractivity contribution in [2.24, 2.45) is 5.41 Å². The van der Waals surface area contributed by atoms with Crippen LogP contribution in [0.25, 0.3) is 0 Å². The zero-order valence-corrected chi connectivity index (χ0v) is 17.1. The van der Waals surface area contributed by atoms with Crippen LogP contribution in [0.4, 0.5) is 14.9 Å². The highest BCUT2D eigenvalue weighted by Crippen LogP contribution is 2.33. The van der Waals surface area contributed by atoms with Gasteiger partial charge in [-0.2, -0.15) is 0 Å². The number of imide groups is 1. The van der Waals surface area contributed by atoms with Gasteiger partial charge in [0.15, 0.2) is 0 Å². The third-order valence-corrected chi connectivity index (χ3v) is 5.57. The van der Waals surface area contributed by atoms with Gasteiger partial charge in [-0.1, -0.05) is 13.8 Å². The molecule has 0 bridgehead atoms. The number of nitrogens with zero attached hydrogens (tertiary/aromatic N) is 4. The second-order valence-corrected chi connectivity index (χ2v) is 8.62. The van der Waals surface area contributed by atoms with Crippen LogP contribution >= 0.6 is 0 Å². The van der Waals surface area contributed by atoms with Gasteiger partial charge in [0.25, 0.3) is 11.8 Å². The fraction of sp³-hybridized carbons (Fsp3) is 0.364. The minimum atomic E-state index is -0.787. The zero-order valence-electron chi connectivity index (χ0n) is 17.1. The third-order valence-electron chi connectivity index (χ3n) is 5.57. The molecule has 156 valence electrons. The van der Waals surface area contributed by atoms with Crippen LogP contribution in [0, 0.1) is 18.2 Å². The number of aryl methyl sites for hydroxylation is 1. The number of aromatic nitrogens is 1. The van der Waals surface area contributed by atoms with Gasteiger partial charge < -0.3 is 9.80 Å². The normalized spacial score (nSPS) is 20.9. The van der Waals surface area contributed by atoms with Crippen LogP contribution in [0.1, 0.15) is 29.8 Å². The summed E-state index contributed by atoms with van der Waals surface area (Å²) in [7, 11) is 0. The molecule has 0 radical (unpaired) electrons. The molecule has 0 aliphatic carbocycles. The minimum Gasteiger partial charge on any atom is -0.335 e. The smallest absolute Gasteiger partial charge is 0.332 e. The Morgan fingerprint density at radius 3 is 2.50 bits per heavy atom. The first-order valence-electron chi connectivity index (χ1n) is 9.78. The topological polar surface area (TPSA) is 73.8 Å². The van der Waals surface area contributed by atoms with E-state index in [1.165, 1.54) is 35.4 Å². The Kier molecular flexibility index (Phi) is 4.80. The summed E-state index contributed by atoms with van der Waals surface area (Å²) in [5.74, 6) is -1.07. The van der Waals surface area contributed by atoms with Crippen molar-refractivity contribution in [2.75, 3.05) is 24.5 Å². The van der Waals surface area contributed by atoms with Gasteiger partial charge in [-0.05, 0) is 42.8 Å². The van der Waals surface area contributed by atoms with Crippen molar-refractivity contribution < 1.29 is 18.8 Å². The molecule has 8 heteroatoms. The lowest BCUT2D eigenvalue weighted by molar-refractivity contribution is -0.119. The molecule has 2 fully saturated rings. The summed E-state index contributed by atoms with van der Waals surface area (Å²) in [4.78, 5) is 47.8. The Balaban J connectivity index is 1.68. The van der Waals surface area contributed by atoms with Crippen LogP contribution < -0.4 is 4.90 Å². The maximum Gasteiger partial charge on any atom is 0.332 e. The maximum atomic E-state index is 13.3. The first kappa shape index (κ1) is 20.0. The first-order chi connectivity index (χ1) is 14.2. The molecule has 2 saturated heterocycles. The van der Waals surface area contributed by atoms with E-state index in [0.717, 1.165) is 10.5 Å². The van der Waals surface area contributed by atoms with Crippen LogP contribution in [0.15, 0.2) is 42.7 Å². The highest BCUT2D eigenvalue weighted by Gasteiger charge is 2.50. The standard InChI is InChI=1S/C22H23FN4O3/c1-14-8-9-24-10-17(14)19(28)25-11-18-20(29)27(16-6-4-15(23)5-7-16)21(30)26(18)13-22(2,3)12-25/h4-10,18H,11-13H2,1-3H3. The van der Waals surface area contributed by atoms with Crippen molar-refractivity contribution >= 4 is 23.5 Å². The monoisotopic (exact) mass is 410 g/mol. The molecule has 4 rings (SSSR count). The van der Waals surface area contributed by atoms with Crippen LogP contribution in [-0.2, 0) is 4.79 Å². The summed E-state index contributed by atoms with van der Waals surface area (Å²) < 4.78 is 13.3. The highest BCUT2D eigenvalue weighted by atomic mass is 19.1. The van der Waals surface area contributed by atoms with E-state index in [4.69, 9.17) is 0 Å². The van der Waals surface area contributed by atoms with Crippen LogP contribution in [0.3, 0.4) is 0 Å². The predicted octanol–water partition coefficient (Wildman–Crippen LogP) is 2.85. The number of hydrogen-bond donors (Lipinski definition) is 0. The molecule has 2 aromatic rings. The molecule has 4 amide bonds. The Morgan fingerprint density at radius 2 is 1.83 bits per heavy atom. The van der Waals surface area contributed by atoms with Crippen LogP contribution in [-0.4, -0.2) is 58.3 Å². The molecule has 7 nitrogen and oxygen atoms in total. The number of carbonyl (C=O) groups is 3. The van der Waals surface area contributed by atoms with E-state index in [-0.39, 0.29) is 12.5 Å². The molecule has 3 heterocycles.